The highest BCUT2D eigenvalue weighted by Gasteiger charge is 2.51. The molecular formula is C20H29NO8. The topological polar surface area (TPSA) is 93.7 Å². The molecule has 6 atom stereocenters. The second-order valence-corrected chi connectivity index (χ2v) is 6.83. The molecule has 1 amide bonds. The molecule has 0 bridgehead atoms. The van der Waals surface area contributed by atoms with Crippen molar-refractivity contribution in [2.45, 2.75) is 43.9 Å². The fourth-order valence-electron chi connectivity index (χ4n) is 3.47. The van der Waals surface area contributed by atoms with Gasteiger partial charge in [-0.15, -0.1) is 0 Å². The summed E-state index contributed by atoms with van der Waals surface area (Å²) >= 11 is 0. The average molecular weight is 411 g/mol. The van der Waals surface area contributed by atoms with Crippen molar-refractivity contribution in [2.75, 3.05) is 40.8 Å². The molecule has 2 heterocycles. The molecule has 162 valence electrons. The number of carbonyl (C=O) groups is 1. The van der Waals surface area contributed by atoms with Crippen LogP contribution >= 0.6 is 0 Å². The molecule has 9 nitrogen and oxygen atoms in total. The van der Waals surface area contributed by atoms with Gasteiger partial charge in [-0.3, -0.25) is 4.79 Å². The summed E-state index contributed by atoms with van der Waals surface area (Å²) in [5, 5.41) is 2.86. The van der Waals surface area contributed by atoms with Crippen LogP contribution in [0.3, 0.4) is 0 Å². The molecule has 2 aliphatic heterocycles. The molecule has 9 heteroatoms. The van der Waals surface area contributed by atoms with Crippen LogP contribution in [0.15, 0.2) is 30.3 Å². The van der Waals surface area contributed by atoms with Gasteiger partial charge in [0, 0.05) is 26.7 Å². The van der Waals surface area contributed by atoms with E-state index in [1.165, 1.54) is 14.0 Å². The zero-order chi connectivity index (χ0) is 20.6. The van der Waals surface area contributed by atoms with Gasteiger partial charge in [0.1, 0.15) is 31.1 Å². The fourth-order valence-corrected chi connectivity index (χ4v) is 3.47. The predicted octanol–water partition coefficient (Wildman–Crippen LogP) is 0.982. The maximum Gasteiger partial charge on any atom is 0.217 e. The summed E-state index contributed by atoms with van der Waals surface area (Å²) in [6.07, 6.45) is -2.71. The molecule has 0 aliphatic carbocycles. The van der Waals surface area contributed by atoms with Gasteiger partial charge in [-0.2, -0.15) is 0 Å². The molecule has 1 unspecified atom stereocenters. The Morgan fingerprint density at radius 1 is 1.17 bits per heavy atom. The third kappa shape index (κ3) is 5.73. The summed E-state index contributed by atoms with van der Waals surface area (Å²) in [5.41, 5.74) is 0.894. The van der Waals surface area contributed by atoms with E-state index in [0.717, 1.165) is 5.56 Å². The lowest BCUT2D eigenvalue weighted by Crippen LogP contribution is -2.67. The van der Waals surface area contributed by atoms with Crippen LogP contribution in [0.4, 0.5) is 0 Å². The van der Waals surface area contributed by atoms with Crippen LogP contribution in [0, 0.1) is 0 Å². The van der Waals surface area contributed by atoms with Gasteiger partial charge in [-0.05, 0) is 0 Å². The highest BCUT2D eigenvalue weighted by Crippen LogP contribution is 2.35. The van der Waals surface area contributed by atoms with Crippen LogP contribution in [-0.4, -0.2) is 77.4 Å². The number of carbonyl (C=O) groups excluding carboxylic acids is 1. The van der Waals surface area contributed by atoms with E-state index in [9.17, 15) is 4.79 Å². The van der Waals surface area contributed by atoms with Crippen LogP contribution in [0.25, 0.3) is 0 Å². The van der Waals surface area contributed by atoms with E-state index in [2.05, 4.69) is 5.32 Å². The molecule has 29 heavy (non-hydrogen) atoms. The minimum absolute atomic E-state index is 0.0178. The van der Waals surface area contributed by atoms with E-state index in [1.807, 2.05) is 30.3 Å². The Morgan fingerprint density at radius 2 is 1.97 bits per heavy atom. The SMILES string of the molecule is COCCOCO[C@@H]1[C@@H](NC(C)=O)[C@@H](OC)O[C@@H]2COC(c3ccccc3)O[C@@H]12. The Kier molecular flexibility index (Phi) is 8.37. The van der Waals surface area contributed by atoms with Gasteiger partial charge >= 0.3 is 0 Å². The number of rotatable bonds is 9. The number of amides is 1. The Bertz CT molecular complexity index is 630. The minimum atomic E-state index is -0.704. The van der Waals surface area contributed by atoms with Crippen molar-refractivity contribution >= 4 is 5.91 Å². The van der Waals surface area contributed by atoms with Crippen molar-refractivity contribution < 1.29 is 38.0 Å². The Morgan fingerprint density at radius 3 is 2.66 bits per heavy atom. The van der Waals surface area contributed by atoms with E-state index >= 15 is 0 Å². The van der Waals surface area contributed by atoms with Crippen LogP contribution in [0.5, 0.6) is 0 Å². The second-order valence-electron chi connectivity index (χ2n) is 6.83. The third-order valence-corrected chi connectivity index (χ3v) is 4.79. The van der Waals surface area contributed by atoms with Crippen LogP contribution < -0.4 is 5.32 Å². The molecule has 3 rings (SSSR count). The first-order valence-electron chi connectivity index (χ1n) is 9.59. The lowest BCUT2D eigenvalue weighted by atomic mass is 9.95. The summed E-state index contributed by atoms with van der Waals surface area (Å²) < 4.78 is 39.9. The number of ether oxygens (including phenoxy) is 7. The van der Waals surface area contributed by atoms with Gasteiger partial charge in [-0.25, -0.2) is 0 Å². The molecule has 0 aromatic heterocycles. The fraction of sp³-hybridized carbons (Fsp3) is 0.650. The second kappa shape index (κ2) is 11.0. The monoisotopic (exact) mass is 411 g/mol. The number of methoxy groups -OCH3 is 2. The Hall–Kier alpha value is -1.59. The van der Waals surface area contributed by atoms with Crippen molar-refractivity contribution in [3.8, 4) is 0 Å². The lowest BCUT2D eigenvalue weighted by Gasteiger charge is -2.48. The van der Waals surface area contributed by atoms with Crippen LogP contribution in [-0.2, 0) is 38.0 Å². The lowest BCUT2D eigenvalue weighted by molar-refractivity contribution is -0.350. The third-order valence-electron chi connectivity index (χ3n) is 4.79. The minimum Gasteiger partial charge on any atom is -0.382 e. The normalized spacial score (nSPS) is 31.8. The van der Waals surface area contributed by atoms with Crippen molar-refractivity contribution in [3.63, 3.8) is 0 Å². The summed E-state index contributed by atoms with van der Waals surface area (Å²) in [6.45, 7) is 2.61. The molecule has 1 aromatic carbocycles. The molecule has 0 saturated carbocycles. The average Bonchev–Trinajstić information content (AvgIpc) is 2.74. The quantitative estimate of drug-likeness (QED) is 0.475. The van der Waals surface area contributed by atoms with Crippen LogP contribution in [0.1, 0.15) is 18.8 Å². The molecule has 2 saturated heterocycles. The number of hydrogen-bond donors (Lipinski definition) is 1. The first-order valence-corrected chi connectivity index (χ1v) is 9.59. The number of hydrogen-bond acceptors (Lipinski definition) is 8. The van der Waals surface area contributed by atoms with Crippen molar-refractivity contribution in [2.24, 2.45) is 0 Å². The molecular weight excluding hydrogens is 382 g/mol. The first-order chi connectivity index (χ1) is 14.1. The van der Waals surface area contributed by atoms with Crippen LogP contribution in [0.2, 0.25) is 0 Å². The summed E-state index contributed by atoms with van der Waals surface area (Å²) in [7, 11) is 3.12. The number of fused-ring (bicyclic) bond motifs is 1. The highest BCUT2D eigenvalue weighted by molar-refractivity contribution is 5.73. The van der Waals surface area contributed by atoms with Gasteiger partial charge in [0.2, 0.25) is 5.91 Å². The largest absolute Gasteiger partial charge is 0.382 e. The van der Waals surface area contributed by atoms with E-state index in [1.54, 1.807) is 7.11 Å². The molecule has 2 fully saturated rings. The van der Waals surface area contributed by atoms with Crippen molar-refractivity contribution in [1.82, 2.24) is 5.32 Å². The van der Waals surface area contributed by atoms with E-state index < -0.39 is 36.9 Å². The van der Waals surface area contributed by atoms with Gasteiger partial charge in [0.25, 0.3) is 0 Å². The van der Waals surface area contributed by atoms with E-state index in [-0.39, 0.29) is 12.7 Å². The Labute approximate surface area is 170 Å². The number of benzene rings is 1. The van der Waals surface area contributed by atoms with Crippen molar-refractivity contribution in [1.29, 1.82) is 0 Å². The summed E-state index contributed by atoms with van der Waals surface area (Å²) in [6, 6.07) is 9.06. The molecule has 1 N–H and O–H groups in total. The molecule has 2 aliphatic rings. The van der Waals surface area contributed by atoms with E-state index in [4.69, 9.17) is 33.2 Å². The van der Waals surface area contributed by atoms with Gasteiger partial charge in [0.15, 0.2) is 12.6 Å². The zero-order valence-electron chi connectivity index (χ0n) is 16.9. The summed E-state index contributed by atoms with van der Waals surface area (Å²) in [4.78, 5) is 11.8. The summed E-state index contributed by atoms with van der Waals surface area (Å²) in [5.74, 6) is -0.223. The zero-order valence-corrected chi connectivity index (χ0v) is 16.9. The maximum atomic E-state index is 11.8. The first kappa shape index (κ1) is 22.1. The Balaban J connectivity index is 1.75. The maximum absolute atomic E-state index is 11.8. The van der Waals surface area contributed by atoms with Gasteiger partial charge in [0.05, 0.1) is 19.8 Å². The molecule has 0 spiro atoms. The van der Waals surface area contributed by atoms with Crippen molar-refractivity contribution in [3.05, 3.63) is 35.9 Å². The number of nitrogens with one attached hydrogen (secondary N) is 1. The molecule has 0 radical (unpaired) electrons. The highest BCUT2D eigenvalue weighted by atomic mass is 16.8. The van der Waals surface area contributed by atoms with E-state index in [0.29, 0.717) is 19.8 Å². The predicted molar refractivity (Wildman–Crippen MR) is 101 cm³/mol. The van der Waals surface area contributed by atoms with Gasteiger partial charge in [-0.1, -0.05) is 30.3 Å². The molecule has 1 aromatic rings. The standard InChI is InChI=1S/C20H29NO8/c1-13(22)21-16-18(27-12-25-10-9-23-2)17-15(28-20(16)24-3)11-26-19(29-17)14-7-5-4-6-8-14/h4-8,15-20H,9-12H2,1-3H3,(H,21,22)/t15-,16-,17-,18-,19?,20+/m1/s1. The van der Waals surface area contributed by atoms with Gasteiger partial charge < -0.3 is 38.5 Å². The smallest absolute Gasteiger partial charge is 0.217 e.